The molecular formula is C15H19N3O2S. The van der Waals surface area contributed by atoms with E-state index in [4.69, 9.17) is 12.2 Å². The lowest BCUT2D eigenvalue weighted by Crippen LogP contribution is -2.27. The number of rotatable bonds is 4. The van der Waals surface area contributed by atoms with E-state index in [1.807, 2.05) is 20.8 Å². The first-order valence-electron chi connectivity index (χ1n) is 6.99. The molecule has 6 heteroatoms. The third-order valence-corrected chi connectivity index (χ3v) is 3.55. The lowest BCUT2D eigenvalue weighted by atomic mass is 10.1. The molecule has 2 rings (SSSR count). The van der Waals surface area contributed by atoms with Crippen LogP contribution in [0.5, 0.6) is 0 Å². The maximum Gasteiger partial charge on any atom is 0.262 e. The van der Waals surface area contributed by atoms with Crippen LogP contribution < -0.4 is 10.9 Å². The van der Waals surface area contributed by atoms with E-state index in [2.05, 4.69) is 10.3 Å². The standard InChI is InChI=1S/C15H19N3O2S/c1-4-18-14(20)11-6-5-10(7-12(11)17-15(18)21)13(19)16-8-9(2)3/h5-7,9H,4,8H2,1-3H3,(H,16,19)(H,17,21). The number of aromatic nitrogens is 2. The van der Waals surface area contributed by atoms with E-state index in [1.165, 1.54) is 4.57 Å². The summed E-state index contributed by atoms with van der Waals surface area (Å²) in [6, 6.07) is 5.00. The lowest BCUT2D eigenvalue weighted by Gasteiger charge is -2.09. The number of hydrogen-bond donors (Lipinski definition) is 2. The van der Waals surface area contributed by atoms with Crippen LogP contribution >= 0.6 is 12.2 Å². The van der Waals surface area contributed by atoms with Gasteiger partial charge in [-0.2, -0.15) is 0 Å². The lowest BCUT2D eigenvalue weighted by molar-refractivity contribution is 0.0949. The Kier molecular flexibility index (Phi) is 4.57. The molecule has 21 heavy (non-hydrogen) atoms. The summed E-state index contributed by atoms with van der Waals surface area (Å²) in [5.41, 5.74) is 0.972. The molecule has 0 spiro atoms. The monoisotopic (exact) mass is 305 g/mol. The molecule has 1 aromatic heterocycles. The van der Waals surface area contributed by atoms with Crippen LogP contribution in [0.1, 0.15) is 31.1 Å². The number of nitrogens with one attached hydrogen (secondary N) is 2. The van der Waals surface area contributed by atoms with Crippen molar-refractivity contribution in [2.24, 2.45) is 5.92 Å². The van der Waals surface area contributed by atoms with Crippen LogP contribution in [0.3, 0.4) is 0 Å². The second-order valence-electron chi connectivity index (χ2n) is 5.34. The predicted molar refractivity (Wildman–Crippen MR) is 86.2 cm³/mol. The average Bonchev–Trinajstić information content (AvgIpc) is 2.44. The SMILES string of the molecule is CCn1c(=S)[nH]c2cc(C(=O)NCC(C)C)ccc2c1=O. The van der Waals surface area contributed by atoms with Gasteiger partial charge in [0.2, 0.25) is 0 Å². The number of carbonyl (C=O) groups is 1. The Morgan fingerprint density at radius 2 is 2.14 bits per heavy atom. The largest absolute Gasteiger partial charge is 0.352 e. The maximum atomic E-state index is 12.3. The van der Waals surface area contributed by atoms with Crippen LogP contribution in [0.25, 0.3) is 10.9 Å². The highest BCUT2D eigenvalue weighted by Crippen LogP contribution is 2.11. The van der Waals surface area contributed by atoms with E-state index in [0.29, 0.717) is 40.2 Å². The van der Waals surface area contributed by atoms with Crippen molar-refractivity contribution in [3.05, 3.63) is 38.9 Å². The van der Waals surface area contributed by atoms with Crippen molar-refractivity contribution in [1.82, 2.24) is 14.9 Å². The number of carbonyl (C=O) groups excluding carboxylic acids is 1. The molecule has 112 valence electrons. The third kappa shape index (κ3) is 3.21. The van der Waals surface area contributed by atoms with Gasteiger partial charge in [0.05, 0.1) is 10.9 Å². The first-order chi connectivity index (χ1) is 9.93. The molecule has 0 radical (unpaired) electrons. The summed E-state index contributed by atoms with van der Waals surface area (Å²) in [7, 11) is 0. The number of benzene rings is 1. The maximum absolute atomic E-state index is 12.3. The summed E-state index contributed by atoms with van der Waals surface area (Å²) in [5.74, 6) is 0.238. The van der Waals surface area contributed by atoms with Crippen molar-refractivity contribution in [3.8, 4) is 0 Å². The molecule has 0 saturated heterocycles. The molecular weight excluding hydrogens is 286 g/mol. The van der Waals surface area contributed by atoms with Gasteiger partial charge in [-0.1, -0.05) is 13.8 Å². The van der Waals surface area contributed by atoms with Gasteiger partial charge in [-0.25, -0.2) is 0 Å². The van der Waals surface area contributed by atoms with Crippen molar-refractivity contribution >= 4 is 29.0 Å². The van der Waals surface area contributed by atoms with Crippen LogP contribution in [-0.4, -0.2) is 22.0 Å². The molecule has 1 aromatic carbocycles. The highest BCUT2D eigenvalue weighted by Gasteiger charge is 2.10. The normalized spacial score (nSPS) is 11.0. The topological polar surface area (TPSA) is 66.9 Å². The smallest absolute Gasteiger partial charge is 0.262 e. The van der Waals surface area contributed by atoms with Gasteiger partial charge >= 0.3 is 0 Å². The number of hydrogen-bond acceptors (Lipinski definition) is 3. The van der Waals surface area contributed by atoms with Crippen LogP contribution in [0.2, 0.25) is 0 Å². The summed E-state index contributed by atoms with van der Waals surface area (Å²) < 4.78 is 1.87. The molecule has 0 saturated carbocycles. The van der Waals surface area contributed by atoms with Crippen LogP contribution in [0.15, 0.2) is 23.0 Å². The predicted octanol–water partition coefficient (Wildman–Crippen LogP) is 2.46. The van der Waals surface area contributed by atoms with Gasteiger partial charge in [0, 0.05) is 18.7 Å². The molecule has 0 atom stereocenters. The minimum Gasteiger partial charge on any atom is -0.352 e. The molecule has 2 N–H and O–H groups in total. The minimum absolute atomic E-state index is 0.134. The Morgan fingerprint density at radius 3 is 2.76 bits per heavy atom. The van der Waals surface area contributed by atoms with Crippen molar-refractivity contribution in [1.29, 1.82) is 0 Å². The zero-order valence-electron chi connectivity index (χ0n) is 12.4. The number of aromatic amines is 1. The van der Waals surface area contributed by atoms with Crippen LogP contribution in [0, 0.1) is 10.7 Å². The quantitative estimate of drug-likeness (QED) is 0.853. The molecule has 1 amide bonds. The fourth-order valence-corrected chi connectivity index (χ4v) is 2.40. The summed E-state index contributed by atoms with van der Waals surface area (Å²) in [4.78, 5) is 27.3. The van der Waals surface area contributed by atoms with E-state index in [0.717, 1.165) is 0 Å². The number of amides is 1. The second-order valence-corrected chi connectivity index (χ2v) is 5.73. The van der Waals surface area contributed by atoms with Gasteiger partial charge in [0.25, 0.3) is 11.5 Å². The Balaban J connectivity index is 2.46. The highest BCUT2D eigenvalue weighted by atomic mass is 32.1. The second kappa shape index (κ2) is 6.22. The van der Waals surface area contributed by atoms with Crippen molar-refractivity contribution in [2.45, 2.75) is 27.3 Å². The first-order valence-corrected chi connectivity index (χ1v) is 7.40. The number of H-pyrrole nitrogens is 1. The summed E-state index contributed by atoms with van der Waals surface area (Å²) in [5, 5.41) is 3.39. The Hall–Kier alpha value is -1.95. The first kappa shape index (κ1) is 15.4. The summed E-state index contributed by atoms with van der Waals surface area (Å²) in [6.07, 6.45) is 0. The fourth-order valence-electron chi connectivity index (χ4n) is 2.08. The van der Waals surface area contributed by atoms with Crippen LogP contribution in [-0.2, 0) is 6.54 Å². The van der Waals surface area contributed by atoms with Crippen molar-refractivity contribution < 1.29 is 4.79 Å². The molecule has 0 bridgehead atoms. The van der Waals surface area contributed by atoms with Crippen molar-refractivity contribution in [3.63, 3.8) is 0 Å². The average molecular weight is 305 g/mol. The molecule has 2 aromatic rings. The van der Waals surface area contributed by atoms with Gasteiger partial charge in [0.1, 0.15) is 0 Å². The Morgan fingerprint density at radius 1 is 1.43 bits per heavy atom. The van der Waals surface area contributed by atoms with E-state index in [9.17, 15) is 9.59 Å². The van der Waals surface area contributed by atoms with Gasteiger partial charge in [-0.05, 0) is 43.3 Å². The van der Waals surface area contributed by atoms with E-state index < -0.39 is 0 Å². The Bertz CT molecular complexity index is 790. The van der Waals surface area contributed by atoms with Gasteiger partial charge in [0.15, 0.2) is 4.77 Å². The highest BCUT2D eigenvalue weighted by molar-refractivity contribution is 7.71. The molecule has 0 unspecified atom stereocenters. The molecule has 0 aliphatic rings. The zero-order chi connectivity index (χ0) is 15.6. The molecule has 1 heterocycles. The number of fused-ring (bicyclic) bond motifs is 1. The zero-order valence-corrected chi connectivity index (χ0v) is 13.2. The van der Waals surface area contributed by atoms with Gasteiger partial charge in [-0.3, -0.25) is 14.2 Å². The minimum atomic E-state index is -0.149. The number of nitrogens with zero attached hydrogens (tertiary/aromatic N) is 1. The van der Waals surface area contributed by atoms with Crippen LogP contribution in [0.4, 0.5) is 0 Å². The van der Waals surface area contributed by atoms with E-state index >= 15 is 0 Å². The Labute approximate surface area is 128 Å². The van der Waals surface area contributed by atoms with Crippen molar-refractivity contribution in [2.75, 3.05) is 6.54 Å². The fraction of sp³-hybridized carbons (Fsp3) is 0.400. The van der Waals surface area contributed by atoms with Gasteiger partial charge in [-0.15, -0.1) is 0 Å². The molecule has 0 aliphatic heterocycles. The summed E-state index contributed by atoms with van der Waals surface area (Å²) in [6.45, 7) is 7.06. The van der Waals surface area contributed by atoms with E-state index in [1.54, 1.807) is 18.2 Å². The third-order valence-electron chi connectivity index (χ3n) is 3.23. The molecule has 5 nitrogen and oxygen atoms in total. The van der Waals surface area contributed by atoms with Gasteiger partial charge < -0.3 is 10.3 Å². The molecule has 0 aliphatic carbocycles. The van der Waals surface area contributed by atoms with E-state index in [-0.39, 0.29) is 11.5 Å². The summed E-state index contributed by atoms with van der Waals surface area (Å²) >= 11 is 5.17. The molecule has 0 fully saturated rings.